The molecule has 0 bridgehead atoms. The highest BCUT2D eigenvalue weighted by Gasteiger charge is 2.06. The van der Waals surface area contributed by atoms with Crippen LogP contribution in [0.25, 0.3) is 0 Å². The number of alkyl halides is 1. The third kappa shape index (κ3) is 4.23. The van der Waals surface area contributed by atoms with E-state index in [0.29, 0.717) is 18.0 Å². The largest absolute Gasteiger partial charge is 0.352 e. The van der Waals surface area contributed by atoms with Gasteiger partial charge in [0, 0.05) is 22.9 Å². The SMILES string of the molecule is O=C(NCCc1ccc(Cl)s1)c1cccc(CCl)c1. The first kappa shape index (κ1) is 14.4. The average molecular weight is 314 g/mol. The van der Waals surface area contributed by atoms with Crippen LogP contribution in [0, 0.1) is 0 Å². The Morgan fingerprint density at radius 3 is 2.79 bits per heavy atom. The predicted octanol–water partition coefficient (Wildman–Crippen LogP) is 4.11. The first-order valence-corrected chi connectivity index (χ1v) is 7.59. The van der Waals surface area contributed by atoms with Gasteiger partial charge >= 0.3 is 0 Å². The molecule has 2 nitrogen and oxygen atoms in total. The van der Waals surface area contributed by atoms with Crippen molar-refractivity contribution in [3.05, 3.63) is 56.7 Å². The molecule has 0 aliphatic heterocycles. The Balaban J connectivity index is 1.87. The summed E-state index contributed by atoms with van der Waals surface area (Å²) in [4.78, 5) is 13.1. The smallest absolute Gasteiger partial charge is 0.251 e. The number of thiophene rings is 1. The van der Waals surface area contributed by atoms with Gasteiger partial charge in [-0.25, -0.2) is 0 Å². The molecular weight excluding hydrogens is 301 g/mol. The second kappa shape index (κ2) is 6.94. The molecule has 5 heteroatoms. The molecule has 19 heavy (non-hydrogen) atoms. The molecule has 0 fully saturated rings. The van der Waals surface area contributed by atoms with E-state index < -0.39 is 0 Å². The van der Waals surface area contributed by atoms with Crippen LogP contribution in [0.4, 0.5) is 0 Å². The zero-order valence-electron chi connectivity index (χ0n) is 10.2. The van der Waals surface area contributed by atoms with Crippen molar-refractivity contribution in [2.45, 2.75) is 12.3 Å². The molecule has 1 amide bonds. The first-order chi connectivity index (χ1) is 9.19. The second-order valence-corrected chi connectivity index (χ2v) is 6.11. The molecule has 2 aromatic rings. The molecule has 1 aromatic carbocycles. The highest BCUT2D eigenvalue weighted by molar-refractivity contribution is 7.16. The lowest BCUT2D eigenvalue weighted by atomic mass is 10.1. The fraction of sp³-hybridized carbons (Fsp3) is 0.214. The van der Waals surface area contributed by atoms with Gasteiger partial charge in [0.25, 0.3) is 5.91 Å². The summed E-state index contributed by atoms with van der Waals surface area (Å²) in [6.07, 6.45) is 0.790. The van der Waals surface area contributed by atoms with Gasteiger partial charge in [-0.15, -0.1) is 22.9 Å². The van der Waals surface area contributed by atoms with Gasteiger partial charge < -0.3 is 5.32 Å². The monoisotopic (exact) mass is 313 g/mol. The molecular formula is C14H13Cl2NOS. The highest BCUT2D eigenvalue weighted by Crippen LogP contribution is 2.21. The molecule has 0 aliphatic carbocycles. The van der Waals surface area contributed by atoms with Crippen molar-refractivity contribution in [3.63, 3.8) is 0 Å². The predicted molar refractivity (Wildman–Crippen MR) is 81.4 cm³/mol. The lowest BCUT2D eigenvalue weighted by Crippen LogP contribution is -2.25. The number of halogens is 2. The minimum absolute atomic E-state index is 0.0744. The van der Waals surface area contributed by atoms with E-state index >= 15 is 0 Å². The van der Waals surface area contributed by atoms with Gasteiger partial charge in [-0.05, 0) is 36.2 Å². The molecule has 100 valence electrons. The van der Waals surface area contributed by atoms with E-state index in [1.165, 1.54) is 16.2 Å². The Morgan fingerprint density at radius 2 is 2.11 bits per heavy atom. The van der Waals surface area contributed by atoms with Crippen molar-refractivity contribution in [2.24, 2.45) is 0 Å². The maximum atomic E-state index is 11.9. The van der Waals surface area contributed by atoms with E-state index in [9.17, 15) is 4.79 Å². The summed E-state index contributed by atoms with van der Waals surface area (Å²) >= 11 is 13.1. The summed E-state index contributed by atoms with van der Waals surface area (Å²) in [6, 6.07) is 11.2. The second-order valence-electron chi connectivity index (χ2n) is 4.05. The normalized spacial score (nSPS) is 10.4. The summed E-state index contributed by atoms with van der Waals surface area (Å²) in [6.45, 7) is 0.598. The Hall–Kier alpha value is -1.03. The number of carbonyl (C=O) groups is 1. The van der Waals surface area contributed by atoms with Crippen LogP contribution in [-0.2, 0) is 12.3 Å². The Bertz CT molecular complexity index is 568. The van der Waals surface area contributed by atoms with E-state index in [1.807, 2.05) is 30.3 Å². The Morgan fingerprint density at radius 1 is 1.26 bits per heavy atom. The van der Waals surface area contributed by atoms with Crippen LogP contribution in [0.5, 0.6) is 0 Å². The van der Waals surface area contributed by atoms with Crippen molar-refractivity contribution < 1.29 is 4.79 Å². The van der Waals surface area contributed by atoms with Gasteiger partial charge in [0.1, 0.15) is 0 Å². The summed E-state index contributed by atoms with van der Waals surface area (Å²) in [7, 11) is 0. The van der Waals surface area contributed by atoms with E-state index in [1.54, 1.807) is 6.07 Å². The summed E-state index contributed by atoms with van der Waals surface area (Å²) in [5.41, 5.74) is 1.58. The first-order valence-electron chi connectivity index (χ1n) is 5.86. The molecule has 0 unspecified atom stereocenters. The molecule has 1 aromatic heterocycles. The van der Waals surface area contributed by atoms with Gasteiger partial charge in [-0.2, -0.15) is 0 Å². The molecule has 0 saturated heterocycles. The molecule has 0 radical (unpaired) electrons. The zero-order chi connectivity index (χ0) is 13.7. The lowest BCUT2D eigenvalue weighted by Gasteiger charge is -2.05. The number of benzene rings is 1. The molecule has 0 atom stereocenters. The summed E-state index contributed by atoms with van der Waals surface area (Å²) < 4.78 is 0.774. The van der Waals surface area contributed by atoms with Crippen LogP contribution in [0.3, 0.4) is 0 Å². The van der Waals surface area contributed by atoms with E-state index in [4.69, 9.17) is 23.2 Å². The number of carbonyl (C=O) groups excluding carboxylic acids is 1. The number of rotatable bonds is 5. The zero-order valence-corrected chi connectivity index (χ0v) is 12.5. The molecule has 1 heterocycles. The van der Waals surface area contributed by atoms with Crippen LogP contribution in [0.1, 0.15) is 20.8 Å². The van der Waals surface area contributed by atoms with Crippen LogP contribution >= 0.6 is 34.5 Å². The molecule has 0 spiro atoms. The topological polar surface area (TPSA) is 29.1 Å². The van der Waals surface area contributed by atoms with Crippen LogP contribution < -0.4 is 5.32 Å². The van der Waals surface area contributed by atoms with Crippen molar-refractivity contribution in [1.29, 1.82) is 0 Å². The minimum Gasteiger partial charge on any atom is -0.352 e. The van der Waals surface area contributed by atoms with Gasteiger partial charge in [0.05, 0.1) is 4.34 Å². The van der Waals surface area contributed by atoms with Gasteiger partial charge in [0.2, 0.25) is 0 Å². The maximum Gasteiger partial charge on any atom is 0.251 e. The standard InChI is InChI=1S/C14H13Cl2NOS/c15-9-10-2-1-3-11(8-10)14(18)17-7-6-12-4-5-13(16)19-12/h1-5,8H,6-7,9H2,(H,17,18). The van der Waals surface area contributed by atoms with Crippen molar-refractivity contribution in [2.75, 3.05) is 6.54 Å². The summed E-state index contributed by atoms with van der Waals surface area (Å²) in [5, 5.41) is 2.89. The van der Waals surface area contributed by atoms with Crippen LogP contribution in [0.15, 0.2) is 36.4 Å². The van der Waals surface area contributed by atoms with Gasteiger partial charge in [0.15, 0.2) is 0 Å². The Kier molecular flexibility index (Phi) is 5.25. The Labute approximate surface area is 126 Å². The maximum absolute atomic E-state index is 11.9. The number of nitrogens with one attached hydrogen (secondary N) is 1. The lowest BCUT2D eigenvalue weighted by molar-refractivity contribution is 0.0954. The third-order valence-electron chi connectivity index (χ3n) is 2.63. The van der Waals surface area contributed by atoms with Gasteiger partial charge in [-0.3, -0.25) is 4.79 Å². The van der Waals surface area contributed by atoms with E-state index in [0.717, 1.165) is 16.3 Å². The van der Waals surface area contributed by atoms with Crippen molar-refractivity contribution >= 4 is 40.4 Å². The van der Waals surface area contributed by atoms with Crippen molar-refractivity contribution in [1.82, 2.24) is 5.32 Å². The van der Waals surface area contributed by atoms with Crippen LogP contribution in [0.2, 0.25) is 4.34 Å². The number of hydrogen-bond acceptors (Lipinski definition) is 2. The average Bonchev–Trinajstić information content (AvgIpc) is 2.84. The van der Waals surface area contributed by atoms with Crippen LogP contribution in [-0.4, -0.2) is 12.5 Å². The van der Waals surface area contributed by atoms with E-state index in [2.05, 4.69) is 5.32 Å². The molecule has 0 saturated carbocycles. The third-order valence-corrected chi connectivity index (χ3v) is 4.23. The van der Waals surface area contributed by atoms with E-state index in [-0.39, 0.29) is 5.91 Å². The van der Waals surface area contributed by atoms with Gasteiger partial charge in [-0.1, -0.05) is 23.7 Å². The quantitative estimate of drug-likeness (QED) is 0.827. The molecule has 2 rings (SSSR count). The molecule has 0 aliphatic rings. The molecule has 1 N–H and O–H groups in total. The number of hydrogen-bond donors (Lipinski definition) is 1. The fourth-order valence-electron chi connectivity index (χ4n) is 1.68. The fourth-order valence-corrected chi connectivity index (χ4v) is 2.94. The highest BCUT2D eigenvalue weighted by atomic mass is 35.5. The minimum atomic E-state index is -0.0744. The van der Waals surface area contributed by atoms with Crippen molar-refractivity contribution in [3.8, 4) is 0 Å². The number of amides is 1. The summed E-state index contributed by atoms with van der Waals surface area (Å²) in [5.74, 6) is 0.337.